The summed E-state index contributed by atoms with van der Waals surface area (Å²) in [5, 5.41) is 2.55. The van der Waals surface area contributed by atoms with E-state index in [1.54, 1.807) is 24.8 Å². The fraction of sp³-hybridized carbons (Fsp3) is 0.500. The van der Waals surface area contributed by atoms with Gasteiger partial charge in [0.25, 0.3) is 0 Å². The number of esters is 1. The molecule has 4 aliphatic rings. The summed E-state index contributed by atoms with van der Waals surface area (Å²) in [5.41, 5.74) is 0.663. The average molecular weight is 609 g/mol. The third kappa shape index (κ3) is 8.24. The molecule has 2 amide bonds. The highest BCUT2D eigenvalue weighted by Crippen LogP contribution is 2.35. The Morgan fingerprint density at radius 3 is 1.82 bits per heavy atom. The molecule has 0 atom stereocenters. The monoisotopic (exact) mass is 608 g/mol. The lowest BCUT2D eigenvalue weighted by Crippen LogP contribution is -2.42. The van der Waals surface area contributed by atoms with Gasteiger partial charge in [-0.2, -0.15) is 0 Å². The van der Waals surface area contributed by atoms with Gasteiger partial charge in [0.2, 0.25) is 5.91 Å². The Labute approximate surface area is 259 Å². The Hall–Kier alpha value is -4.21. The zero-order valence-electron chi connectivity index (χ0n) is 27.2. The first-order valence-corrected chi connectivity index (χ1v) is 14.7. The lowest BCUT2D eigenvalue weighted by atomic mass is 9.93. The van der Waals surface area contributed by atoms with Gasteiger partial charge in [0, 0.05) is 24.1 Å². The quantitative estimate of drug-likeness (QED) is 0.348. The van der Waals surface area contributed by atoms with Crippen molar-refractivity contribution in [2.24, 2.45) is 0 Å². The molecule has 4 heterocycles. The van der Waals surface area contributed by atoms with Crippen LogP contribution < -0.4 is 10.1 Å². The summed E-state index contributed by atoms with van der Waals surface area (Å²) in [4.78, 5) is 56.8. The summed E-state index contributed by atoms with van der Waals surface area (Å²) in [5.74, 6) is 0.589. The number of para-hydroxylation sites is 1. The number of hydrogen-bond acceptors (Lipinski definition) is 8. The number of benzene rings is 2. The van der Waals surface area contributed by atoms with Crippen molar-refractivity contribution in [1.29, 1.82) is 0 Å². The number of Topliss-reactive ketones (excluding diaryl/α,β-unsaturated/α-hetero) is 2. The van der Waals surface area contributed by atoms with E-state index in [9.17, 15) is 24.0 Å². The number of rotatable bonds is 1. The van der Waals surface area contributed by atoms with Gasteiger partial charge in [-0.3, -0.25) is 14.4 Å². The second-order valence-electron chi connectivity index (χ2n) is 13.2. The molecule has 10 nitrogen and oxygen atoms in total. The number of hydrogen-bond donors (Lipinski definition) is 1. The smallest absolute Gasteiger partial charge is 0.410 e. The van der Waals surface area contributed by atoms with Crippen molar-refractivity contribution in [2.45, 2.75) is 97.5 Å². The summed E-state index contributed by atoms with van der Waals surface area (Å²) in [6.45, 7) is 18.1. The van der Waals surface area contributed by atoms with E-state index >= 15 is 0 Å². The zero-order chi connectivity index (χ0) is 33.1. The van der Waals surface area contributed by atoms with E-state index in [4.69, 9.17) is 14.2 Å². The maximum Gasteiger partial charge on any atom is 0.410 e. The van der Waals surface area contributed by atoms with Gasteiger partial charge in [-0.25, -0.2) is 9.59 Å². The van der Waals surface area contributed by atoms with Crippen molar-refractivity contribution >= 4 is 29.5 Å². The first kappa shape index (κ1) is 34.3. The average Bonchev–Trinajstić information content (AvgIpc) is 3.43. The molecule has 0 aliphatic carbocycles. The molecule has 0 radical (unpaired) electrons. The Kier molecular flexibility index (Phi) is 9.97. The fourth-order valence-corrected chi connectivity index (χ4v) is 4.92. The van der Waals surface area contributed by atoms with Crippen LogP contribution >= 0.6 is 0 Å². The number of carbonyl (C=O) groups excluding carboxylic acids is 5. The highest BCUT2D eigenvalue weighted by atomic mass is 16.6. The topological polar surface area (TPSA) is 128 Å². The molecule has 4 aliphatic heterocycles. The van der Waals surface area contributed by atoms with E-state index in [0.717, 1.165) is 23.4 Å². The minimum absolute atomic E-state index is 0.0208. The molecular formula is C34H44N2O8. The Bertz CT molecular complexity index is 1440. The van der Waals surface area contributed by atoms with Crippen LogP contribution in [-0.4, -0.2) is 64.3 Å². The molecule has 10 heteroatoms. The normalized spacial score (nSPS) is 20.9. The van der Waals surface area contributed by atoms with Crippen LogP contribution in [0.2, 0.25) is 0 Å². The van der Waals surface area contributed by atoms with Gasteiger partial charge in [-0.1, -0.05) is 36.4 Å². The Morgan fingerprint density at radius 1 is 0.727 bits per heavy atom. The third-order valence-electron chi connectivity index (χ3n) is 7.55. The number of ether oxygens (including phenoxy) is 3. The maximum absolute atomic E-state index is 11.6. The molecule has 0 saturated carbocycles. The van der Waals surface area contributed by atoms with Gasteiger partial charge in [-0.15, -0.1) is 0 Å². The van der Waals surface area contributed by atoms with Crippen LogP contribution in [0.1, 0.15) is 90.2 Å². The largest absolute Gasteiger partial charge is 0.480 e. The summed E-state index contributed by atoms with van der Waals surface area (Å²) in [7, 11) is 0. The summed E-state index contributed by atoms with van der Waals surface area (Å²) in [6.07, 6.45) is 0.350. The summed E-state index contributed by atoms with van der Waals surface area (Å²) in [6, 6.07) is 15.2. The molecule has 1 N–H and O–H groups in total. The van der Waals surface area contributed by atoms with Gasteiger partial charge in [0.15, 0.2) is 17.2 Å². The molecule has 2 saturated heterocycles. The van der Waals surface area contributed by atoms with Gasteiger partial charge in [-0.05, 0) is 74.4 Å². The first-order chi connectivity index (χ1) is 20.3. The molecule has 0 bridgehead atoms. The molecule has 0 unspecified atom stereocenters. The number of nitrogens with one attached hydrogen (secondary N) is 1. The molecule has 2 aromatic carbocycles. The van der Waals surface area contributed by atoms with Crippen LogP contribution in [0.25, 0.3) is 0 Å². The SMILES string of the molecule is CC1(C)NC(=O)CC1=O.CC1(C)OC(=O)c2ccccc21.CC1(C)Oc2ccccc2CC1=O.CCN1CC(C)(C)OC1=O. The highest BCUT2D eigenvalue weighted by molar-refractivity contribution is 6.09. The minimum Gasteiger partial charge on any atom is -0.480 e. The Balaban J connectivity index is 0.000000162. The predicted octanol–water partition coefficient (Wildman–Crippen LogP) is 5.15. The van der Waals surface area contributed by atoms with E-state index in [1.165, 1.54) is 0 Å². The lowest BCUT2D eigenvalue weighted by molar-refractivity contribution is -0.132. The first-order valence-electron chi connectivity index (χ1n) is 14.7. The van der Waals surface area contributed by atoms with Crippen LogP contribution in [-0.2, 0) is 35.9 Å². The van der Waals surface area contributed by atoms with Crippen molar-refractivity contribution in [2.75, 3.05) is 13.1 Å². The van der Waals surface area contributed by atoms with E-state index in [1.807, 2.05) is 90.9 Å². The zero-order valence-corrected chi connectivity index (χ0v) is 27.2. The second-order valence-corrected chi connectivity index (χ2v) is 13.2. The number of nitrogens with zero attached hydrogens (tertiary/aromatic N) is 1. The molecule has 6 rings (SSSR count). The lowest BCUT2D eigenvalue weighted by Gasteiger charge is -2.30. The minimum atomic E-state index is -0.658. The van der Waals surface area contributed by atoms with Crippen LogP contribution in [0.15, 0.2) is 48.5 Å². The van der Waals surface area contributed by atoms with Gasteiger partial charge in [0.1, 0.15) is 17.0 Å². The molecule has 2 fully saturated rings. The van der Waals surface area contributed by atoms with Crippen LogP contribution in [0, 0.1) is 0 Å². The summed E-state index contributed by atoms with van der Waals surface area (Å²) < 4.78 is 15.8. The van der Waals surface area contributed by atoms with Crippen molar-refractivity contribution < 1.29 is 38.2 Å². The number of fused-ring (bicyclic) bond motifs is 2. The maximum atomic E-state index is 11.6. The van der Waals surface area contributed by atoms with Crippen LogP contribution in [0.3, 0.4) is 0 Å². The molecule has 0 spiro atoms. The van der Waals surface area contributed by atoms with Gasteiger partial charge in [0.05, 0.1) is 24.1 Å². The van der Waals surface area contributed by atoms with E-state index < -0.39 is 16.7 Å². The number of cyclic esters (lactones) is 2. The molecule has 2 aromatic rings. The van der Waals surface area contributed by atoms with Crippen molar-refractivity contribution in [3.05, 3.63) is 65.2 Å². The van der Waals surface area contributed by atoms with Crippen molar-refractivity contribution in [1.82, 2.24) is 10.2 Å². The molecule has 238 valence electrons. The van der Waals surface area contributed by atoms with Crippen molar-refractivity contribution in [3.8, 4) is 5.75 Å². The predicted molar refractivity (Wildman–Crippen MR) is 164 cm³/mol. The highest BCUT2D eigenvalue weighted by Gasteiger charge is 2.38. The van der Waals surface area contributed by atoms with E-state index in [-0.39, 0.29) is 41.6 Å². The number of amides is 2. The number of ketones is 2. The van der Waals surface area contributed by atoms with E-state index in [0.29, 0.717) is 18.5 Å². The third-order valence-corrected chi connectivity index (χ3v) is 7.55. The molecular weight excluding hydrogens is 564 g/mol. The fourth-order valence-electron chi connectivity index (χ4n) is 4.92. The molecule has 0 aromatic heterocycles. The number of likely N-dealkylation sites (N-methyl/N-ethyl adjacent to an activating group) is 1. The van der Waals surface area contributed by atoms with Crippen LogP contribution in [0.5, 0.6) is 5.75 Å². The Morgan fingerprint density at radius 2 is 1.34 bits per heavy atom. The molecule has 44 heavy (non-hydrogen) atoms. The van der Waals surface area contributed by atoms with Gasteiger partial charge >= 0.3 is 12.1 Å². The van der Waals surface area contributed by atoms with Gasteiger partial charge < -0.3 is 24.4 Å². The van der Waals surface area contributed by atoms with Crippen LogP contribution in [0.4, 0.5) is 4.79 Å². The summed E-state index contributed by atoms with van der Waals surface area (Å²) >= 11 is 0. The van der Waals surface area contributed by atoms with E-state index in [2.05, 4.69) is 5.32 Å². The second kappa shape index (κ2) is 12.8. The standard InChI is InChI=1S/C11H12O2.C10H10O2.C7H13NO2.C6H9NO2/c1-11(2)10(12)7-8-5-3-4-6-9(8)13-11;1-10(2)8-6-4-3-5-7(8)9(11)12-10;1-4-8-5-7(2,3)10-6(8)9;1-6(2)4(8)3-5(9)7-6/h3-6H,7H2,1-2H3;3-6H,1-2H3;4-5H2,1-3H3;3H2,1-2H3,(H,7,9). The number of carbonyl (C=O) groups is 5. The van der Waals surface area contributed by atoms with Crippen molar-refractivity contribution in [3.63, 3.8) is 0 Å².